The van der Waals surface area contributed by atoms with Gasteiger partial charge in [0.1, 0.15) is 0 Å². The number of carbonyl (C=O) groups excluding carboxylic acids is 1. The lowest BCUT2D eigenvalue weighted by Gasteiger charge is -1.98. The Kier molecular flexibility index (Phi) is 2.78. The van der Waals surface area contributed by atoms with Crippen LogP contribution in [0.5, 0.6) is 0 Å². The first kappa shape index (κ1) is 10.5. The minimum atomic E-state index is -0.446. The SMILES string of the molecule is O=Cc1cscc1-c1ccc([N+](=O)[O-])cc1. The van der Waals surface area contributed by atoms with Gasteiger partial charge in [0.15, 0.2) is 6.29 Å². The Morgan fingerprint density at radius 1 is 1.19 bits per heavy atom. The molecule has 1 heterocycles. The second kappa shape index (κ2) is 4.24. The van der Waals surface area contributed by atoms with Crippen molar-refractivity contribution in [2.45, 2.75) is 0 Å². The van der Waals surface area contributed by atoms with Crippen LogP contribution in [0.2, 0.25) is 0 Å². The van der Waals surface area contributed by atoms with Crippen molar-refractivity contribution in [3.05, 3.63) is 50.7 Å². The summed E-state index contributed by atoms with van der Waals surface area (Å²) >= 11 is 1.43. The molecule has 0 unspecified atom stereocenters. The highest BCUT2D eigenvalue weighted by atomic mass is 32.1. The minimum absolute atomic E-state index is 0.0478. The van der Waals surface area contributed by atoms with Crippen molar-refractivity contribution in [3.63, 3.8) is 0 Å². The van der Waals surface area contributed by atoms with Crippen molar-refractivity contribution in [2.75, 3.05) is 0 Å². The number of carbonyl (C=O) groups is 1. The zero-order chi connectivity index (χ0) is 11.5. The Bertz CT molecular complexity index is 530. The van der Waals surface area contributed by atoms with E-state index in [9.17, 15) is 14.9 Å². The maximum absolute atomic E-state index is 10.7. The lowest BCUT2D eigenvalue weighted by molar-refractivity contribution is -0.384. The summed E-state index contributed by atoms with van der Waals surface area (Å²) in [5.74, 6) is 0. The third kappa shape index (κ3) is 1.85. The van der Waals surface area contributed by atoms with E-state index in [-0.39, 0.29) is 5.69 Å². The molecule has 0 atom stereocenters. The molecule has 0 aliphatic carbocycles. The number of nitrogens with zero attached hydrogens (tertiary/aromatic N) is 1. The van der Waals surface area contributed by atoms with Gasteiger partial charge in [-0.3, -0.25) is 14.9 Å². The van der Waals surface area contributed by atoms with E-state index in [2.05, 4.69) is 0 Å². The third-order valence-electron chi connectivity index (χ3n) is 2.21. The molecule has 0 N–H and O–H groups in total. The maximum Gasteiger partial charge on any atom is 0.269 e. The van der Waals surface area contributed by atoms with Crippen LogP contribution in [0.25, 0.3) is 11.1 Å². The monoisotopic (exact) mass is 233 g/mol. The molecule has 2 aromatic rings. The molecule has 2 rings (SSSR count). The quantitative estimate of drug-likeness (QED) is 0.465. The summed E-state index contributed by atoms with van der Waals surface area (Å²) in [5, 5.41) is 14.1. The van der Waals surface area contributed by atoms with Gasteiger partial charge in [0.05, 0.1) is 4.92 Å². The Labute approximate surface area is 95.3 Å². The van der Waals surface area contributed by atoms with E-state index in [1.807, 2.05) is 5.38 Å². The highest BCUT2D eigenvalue weighted by Crippen LogP contribution is 2.27. The summed E-state index contributed by atoms with van der Waals surface area (Å²) in [4.78, 5) is 20.8. The molecule has 0 amide bonds. The number of non-ortho nitro benzene ring substituents is 1. The molecule has 4 nitrogen and oxygen atoms in total. The van der Waals surface area contributed by atoms with Crippen LogP contribution < -0.4 is 0 Å². The Morgan fingerprint density at radius 2 is 1.88 bits per heavy atom. The fourth-order valence-electron chi connectivity index (χ4n) is 1.40. The zero-order valence-corrected chi connectivity index (χ0v) is 8.94. The first-order valence-corrected chi connectivity index (χ1v) is 5.43. The zero-order valence-electron chi connectivity index (χ0n) is 8.12. The molecule has 80 valence electrons. The maximum atomic E-state index is 10.7. The smallest absolute Gasteiger partial charge is 0.269 e. The van der Waals surface area contributed by atoms with Gasteiger partial charge < -0.3 is 0 Å². The largest absolute Gasteiger partial charge is 0.298 e. The highest BCUT2D eigenvalue weighted by Gasteiger charge is 2.08. The van der Waals surface area contributed by atoms with E-state index in [1.54, 1.807) is 17.5 Å². The molecular weight excluding hydrogens is 226 g/mol. The summed E-state index contributed by atoms with van der Waals surface area (Å²) in [6.07, 6.45) is 0.785. The summed E-state index contributed by atoms with van der Waals surface area (Å²) < 4.78 is 0. The van der Waals surface area contributed by atoms with Crippen LogP contribution in [-0.2, 0) is 0 Å². The van der Waals surface area contributed by atoms with E-state index in [4.69, 9.17) is 0 Å². The number of thiophene rings is 1. The molecule has 0 radical (unpaired) electrons. The van der Waals surface area contributed by atoms with E-state index in [0.717, 1.165) is 17.4 Å². The molecule has 1 aromatic carbocycles. The van der Waals surface area contributed by atoms with Crippen molar-refractivity contribution >= 4 is 23.3 Å². The standard InChI is InChI=1S/C11H7NO3S/c13-5-9-6-16-7-11(9)8-1-3-10(4-2-8)12(14)15/h1-7H. The lowest BCUT2D eigenvalue weighted by atomic mass is 10.1. The number of benzene rings is 1. The molecule has 0 saturated carbocycles. The predicted octanol–water partition coefficient (Wildman–Crippen LogP) is 3.14. The summed E-state index contributed by atoms with van der Waals surface area (Å²) in [6.45, 7) is 0. The van der Waals surface area contributed by atoms with Gasteiger partial charge >= 0.3 is 0 Å². The Morgan fingerprint density at radius 3 is 2.44 bits per heavy atom. The van der Waals surface area contributed by atoms with Gasteiger partial charge in [-0.15, -0.1) is 0 Å². The molecule has 0 fully saturated rings. The summed E-state index contributed by atoms with van der Waals surface area (Å²) in [6, 6.07) is 6.16. The van der Waals surface area contributed by atoms with Crippen molar-refractivity contribution in [3.8, 4) is 11.1 Å². The normalized spacial score (nSPS) is 10.0. The first-order chi connectivity index (χ1) is 7.72. The molecule has 0 saturated heterocycles. The number of aldehydes is 1. The molecule has 0 aliphatic rings. The van der Waals surface area contributed by atoms with Gasteiger partial charge in [-0.05, 0) is 23.1 Å². The van der Waals surface area contributed by atoms with Crippen LogP contribution in [0.15, 0.2) is 35.0 Å². The number of nitro benzene ring substituents is 1. The second-order valence-electron chi connectivity index (χ2n) is 3.16. The van der Waals surface area contributed by atoms with E-state index >= 15 is 0 Å². The van der Waals surface area contributed by atoms with Crippen LogP contribution in [0, 0.1) is 10.1 Å². The molecule has 1 aromatic heterocycles. The van der Waals surface area contributed by atoms with Gasteiger partial charge in [-0.1, -0.05) is 0 Å². The van der Waals surface area contributed by atoms with Gasteiger partial charge in [0, 0.05) is 28.6 Å². The molecule has 16 heavy (non-hydrogen) atoms. The van der Waals surface area contributed by atoms with Crippen LogP contribution in [0.4, 0.5) is 5.69 Å². The van der Waals surface area contributed by atoms with Crippen LogP contribution in [0.1, 0.15) is 10.4 Å². The van der Waals surface area contributed by atoms with Crippen LogP contribution >= 0.6 is 11.3 Å². The Balaban J connectivity index is 2.42. The summed E-state index contributed by atoms with van der Waals surface area (Å²) in [5.41, 5.74) is 2.29. The predicted molar refractivity (Wildman–Crippen MR) is 61.8 cm³/mol. The van der Waals surface area contributed by atoms with Crippen molar-refractivity contribution in [1.29, 1.82) is 0 Å². The second-order valence-corrected chi connectivity index (χ2v) is 3.91. The average molecular weight is 233 g/mol. The molecule has 0 aliphatic heterocycles. The van der Waals surface area contributed by atoms with E-state index in [0.29, 0.717) is 5.56 Å². The van der Waals surface area contributed by atoms with E-state index < -0.39 is 4.92 Å². The number of rotatable bonds is 3. The average Bonchev–Trinajstić information content (AvgIpc) is 2.77. The van der Waals surface area contributed by atoms with Gasteiger partial charge in [-0.2, -0.15) is 11.3 Å². The van der Waals surface area contributed by atoms with Crippen LogP contribution in [-0.4, -0.2) is 11.2 Å². The van der Waals surface area contributed by atoms with Gasteiger partial charge in [-0.25, -0.2) is 0 Å². The van der Waals surface area contributed by atoms with Crippen LogP contribution in [0.3, 0.4) is 0 Å². The molecule has 0 bridgehead atoms. The molecule has 5 heteroatoms. The van der Waals surface area contributed by atoms with Crippen molar-refractivity contribution < 1.29 is 9.72 Å². The minimum Gasteiger partial charge on any atom is -0.298 e. The van der Waals surface area contributed by atoms with Crippen molar-refractivity contribution in [1.82, 2.24) is 0 Å². The number of nitro groups is 1. The first-order valence-electron chi connectivity index (χ1n) is 4.48. The number of hydrogen-bond donors (Lipinski definition) is 0. The topological polar surface area (TPSA) is 60.2 Å². The third-order valence-corrected chi connectivity index (χ3v) is 2.97. The molecule has 0 spiro atoms. The van der Waals surface area contributed by atoms with Gasteiger partial charge in [0.25, 0.3) is 5.69 Å². The highest BCUT2D eigenvalue weighted by molar-refractivity contribution is 7.08. The van der Waals surface area contributed by atoms with E-state index in [1.165, 1.54) is 23.5 Å². The van der Waals surface area contributed by atoms with Crippen molar-refractivity contribution in [2.24, 2.45) is 0 Å². The van der Waals surface area contributed by atoms with Gasteiger partial charge in [0.2, 0.25) is 0 Å². The molecular formula is C11H7NO3S. The summed E-state index contributed by atoms with van der Waals surface area (Å²) in [7, 11) is 0. The Hall–Kier alpha value is -2.01. The fraction of sp³-hybridized carbons (Fsp3) is 0. The lowest BCUT2D eigenvalue weighted by Crippen LogP contribution is -1.87. The number of hydrogen-bond acceptors (Lipinski definition) is 4. The fourth-order valence-corrected chi connectivity index (χ4v) is 2.20.